The average Bonchev–Trinajstić information content (AvgIpc) is 3.17. The van der Waals surface area contributed by atoms with Gasteiger partial charge in [-0.05, 0) is 46.0 Å². The van der Waals surface area contributed by atoms with Crippen molar-refractivity contribution in [2.75, 3.05) is 6.61 Å². The van der Waals surface area contributed by atoms with Crippen LogP contribution < -0.4 is 0 Å². The summed E-state index contributed by atoms with van der Waals surface area (Å²) >= 11 is 0. The Morgan fingerprint density at radius 1 is 0.941 bits per heavy atom. The van der Waals surface area contributed by atoms with Gasteiger partial charge in [0.25, 0.3) is 5.91 Å². The Kier molecular flexibility index (Phi) is 6.45. The van der Waals surface area contributed by atoms with E-state index in [-0.39, 0.29) is 24.7 Å². The summed E-state index contributed by atoms with van der Waals surface area (Å²) in [4.78, 5) is 38.2. The second-order valence-electron chi connectivity index (χ2n) is 7.94. The van der Waals surface area contributed by atoms with E-state index in [0.29, 0.717) is 10.5 Å². The molecule has 1 aliphatic carbocycles. The third-order valence-electron chi connectivity index (χ3n) is 5.91. The van der Waals surface area contributed by atoms with Crippen LogP contribution in [0.25, 0.3) is 11.1 Å². The van der Waals surface area contributed by atoms with Crippen LogP contribution in [0.5, 0.6) is 5.75 Å². The van der Waals surface area contributed by atoms with Crippen molar-refractivity contribution in [3.05, 3.63) is 102 Å². The molecule has 0 aromatic heterocycles. The third kappa shape index (κ3) is 4.41. The fourth-order valence-electron chi connectivity index (χ4n) is 4.28. The number of rotatable bonds is 7. The predicted octanol–water partition coefficient (Wildman–Crippen LogP) is 4.35. The lowest BCUT2D eigenvalue weighted by molar-refractivity contribution is -0.147. The van der Waals surface area contributed by atoms with Crippen LogP contribution in [0.3, 0.4) is 0 Å². The summed E-state index contributed by atoms with van der Waals surface area (Å²) < 4.78 is 5.53. The smallest absolute Gasteiger partial charge is 0.417 e. The van der Waals surface area contributed by atoms with E-state index >= 15 is 0 Å². The number of carbonyl (C=O) groups excluding carboxylic acids is 2. The molecule has 0 saturated heterocycles. The van der Waals surface area contributed by atoms with Crippen molar-refractivity contribution >= 4 is 18.0 Å². The molecule has 0 aliphatic heterocycles. The molecule has 3 aromatic rings. The maximum atomic E-state index is 13.0. The summed E-state index contributed by atoms with van der Waals surface area (Å²) in [5, 5.41) is 19.3. The summed E-state index contributed by atoms with van der Waals surface area (Å²) in [6.45, 7) is 3.34. The molecule has 0 spiro atoms. The van der Waals surface area contributed by atoms with Gasteiger partial charge in [0.1, 0.15) is 18.4 Å². The van der Waals surface area contributed by atoms with E-state index in [1.54, 1.807) is 0 Å². The predicted molar refractivity (Wildman–Crippen MR) is 125 cm³/mol. The van der Waals surface area contributed by atoms with Crippen molar-refractivity contribution in [1.29, 1.82) is 0 Å². The number of phenolic OH excluding ortho intramolecular Hbond substituents is 1. The highest BCUT2D eigenvalue weighted by atomic mass is 16.6. The molecular formula is C27H23NO6. The van der Waals surface area contributed by atoms with Gasteiger partial charge >= 0.3 is 12.1 Å². The number of hydrogen-bond acceptors (Lipinski definition) is 5. The number of nitrogens with zero attached hydrogens (tertiary/aromatic N) is 1. The van der Waals surface area contributed by atoms with Crippen molar-refractivity contribution in [3.8, 4) is 16.9 Å². The van der Waals surface area contributed by atoms with Gasteiger partial charge in [-0.15, -0.1) is 0 Å². The molecule has 0 heterocycles. The van der Waals surface area contributed by atoms with Crippen LogP contribution in [-0.4, -0.2) is 45.7 Å². The van der Waals surface area contributed by atoms with Gasteiger partial charge in [0.05, 0.1) is 0 Å². The molecule has 172 valence electrons. The molecule has 0 bridgehead atoms. The number of phenols is 1. The Hall–Kier alpha value is -4.39. The number of carbonyl (C=O) groups is 3. The summed E-state index contributed by atoms with van der Waals surface area (Å²) in [6.07, 6.45) is -0.328. The van der Waals surface area contributed by atoms with Crippen molar-refractivity contribution in [3.63, 3.8) is 0 Å². The molecule has 1 unspecified atom stereocenters. The standard InChI is InChI=1S/C27H23NO6/c1-2-25(30)28(24(26(31)32)15-17-11-13-18(29)14-12-17)27(33)34-16-23-21-9-5-3-7-19(21)20-8-4-6-10-22(20)23/h2-14,23-24,29H,1,15-16H2,(H,31,32). The van der Waals surface area contributed by atoms with Crippen LogP contribution in [-0.2, 0) is 20.7 Å². The number of aromatic hydroxyl groups is 1. The molecule has 1 atom stereocenters. The van der Waals surface area contributed by atoms with Crippen LogP contribution in [0, 0.1) is 0 Å². The number of amides is 2. The Morgan fingerprint density at radius 2 is 1.50 bits per heavy atom. The summed E-state index contributed by atoms with van der Waals surface area (Å²) in [7, 11) is 0. The zero-order chi connectivity index (χ0) is 24.2. The first-order chi connectivity index (χ1) is 16.4. The van der Waals surface area contributed by atoms with E-state index in [4.69, 9.17) is 4.74 Å². The maximum Gasteiger partial charge on any atom is 0.417 e. The lowest BCUT2D eigenvalue weighted by Gasteiger charge is -2.26. The largest absolute Gasteiger partial charge is 0.508 e. The number of carboxylic acids is 1. The lowest BCUT2D eigenvalue weighted by Crippen LogP contribution is -2.49. The van der Waals surface area contributed by atoms with E-state index in [0.717, 1.165) is 28.3 Å². The first-order valence-electron chi connectivity index (χ1n) is 10.7. The Labute approximate surface area is 196 Å². The summed E-state index contributed by atoms with van der Waals surface area (Å²) in [5.74, 6) is -2.45. The minimum absolute atomic E-state index is 0.0196. The third-order valence-corrected chi connectivity index (χ3v) is 5.91. The first-order valence-corrected chi connectivity index (χ1v) is 10.7. The quantitative estimate of drug-likeness (QED) is 0.511. The molecule has 0 saturated carbocycles. The number of ether oxygens (including phenoxy) is 1. The molecule has 7 nitrogen and oxygen atoms in total. The highest BCUT2D eigenvalue weighted by Crippen LogP contribution is 2.44. The molecule has 4 rings (SSSR count). The zero-order valence-electron chi connectivity index (χ0n) is 18.3. The van der Waals surface area contributed by atoms with Gasteiger partial charge in [0, 0.05) is 12.3 Å². The van der Waals surface area contributed by atoms with Crippen molar-refractivity contribution in [2.24, 2.45) is 0 Å². The number of aliphatic carboxylic acids is 1. The van der Waals surface area contributed by atoms with Crippen LogP contribution in [0.2, 0.25) is 0 Å². The van der Waals surface area contributed by atoms with E-state index in [1.165, 1.54) is 24.3 Å². The zero-order valence-corrected chi connectivity index (χ0v) is 18.3. The van der Waals surface area contributed by atoms with Gasteiger partial charge in [0.2, 0.25) is 0 Å². The van der Waals surface area contributed by atoms with Crippen molar-refractivity contribution in [1.82, 2.24) is 4.90 Å². The molecule has 0 radical (unpaired) electrons. The van der Waals surface area contributed by atoms with E-state index < -0.39 is 24.0 Å². The fourth-order valence-corrected chi connectivity index (χ4v) is 4.28. The van der Waals surface area contributed by atoms with Crippen molar-refractivity contribution < 1.29 is 29.3 Å². The first kappa shape index (κ1) is 22.8. The van der Waals surface area contributed by atoms with Gasteiger partial charge in [-0.25, -0.2) is 14.5 Å². The van der Waals surface area contributed by atoms with Gasteiger partial charge < -0.3 is 14.9 Å². The number of imide groups is 1. The highest BCUT2D eigenvalue weighted by Gasteiger charge is 2.36. The molecule has 2 amide bonds. The minimum Gasteiger partial charge on any atom is -0.508 e. The summed E-state index contributed by atoms with van der Waals surface area (Å²) in [5.41, 5.74) is 4.62. The number of fused-ring (bicyclic) bond motifs is 3. The normalized spacial score (nSPS) is 12.8. The van der Waals surface area contributed by atoms with E-state index in [2.05, 4.69) is 6.58 Å². The Balaban J connectivity index is 1.57. The monoisotopic (exact) mass is 457 g/mol. The van der Waals surface area contributed by atoms with Gasteiger partial charge in [-0.3, -0.25) is 4.79 Å². The fraction of sp³-hybridized carbons (Fsp3) is 0.148. The second kappa shape index (κ2) is 9.62. The van der Waals surface area contributed by atoms with Crippen molar-refractivity contribution in [2.45, 2.75) is 18.4 Å². The highest BCUT2D eigenvalue weighted by molar-refractivity contribution is 6.01. The SMILES string of the molecule is C=CC(=O)N(C(=O)OCC1c2ccccc2-c2ccccc21)C(Cc1ccc(O)cc1)C(=O)O. The van der Waals surface area contributed by atoms with Crippen LogP contribution in [0.15, 0.2) is 85.5 Å². The second-order valence-corrected chi connectivity index (χ2v) is 7.94. The summed E-state index contributed by atoms with van der Waals surface area (Å²) in [6, 6.07) is 20.0. The Morgan fingerprint density at radius 3 is 2.03 bits per heavy atom. The van der Waals surface area contributed by atoms with Crippen LogP contribution >= 0.6 is 0 Å². The molecule has 0 fully saturated rings. The topological polar surface area (TPSA) is 104 Å². The minimum atomic E-state index is -1.51. The molecular weight excluding hydrogens is 434 g/mol. The molecule has 7 heteroatoms. The number of benzene rings is 3. The van der Waals surface area contributed by atoms with Gasteiger partial charge in [0.15, 0.2) is 0 Å². The maximum absolute atomic E-state index is 13.0. The van der Waals surface area contributed by atoms with Crippen LogP contribution in [0.4, 0.5) is 4.79 Å². The average molecular weight is 457 g/mol. The Bertz CT molecular complexity index is 1200. The molecule has 1 aliphatic rings. The molecule has 2 N–H and O–H groups in total. The molecule has 3 aromatic carbocycles. The van der Waals surface area contributed by atoms with Gasteiger partial charge in [-0.1, -0.05) is 67.2 Å². The van der Waals surface area contributed by atoms with Crippen LogP contribution in [0.1, 0.15) is 22.6 Å². The number of carboxylic acid groups (broad SMARTS) is 1. The van der Waals surface area contributed by atoms with Gasteiger partial charge in [-0.2, -0.15) is 0 Å². The van der Waals surface area contributed by atoms with E-state index in [9.17, 15) is 24.6 Å². The van der Waals surface area contributed by atoms with E-state index in [1.807, 2.05) is 48.5 Å². The number of hydrogen-bond donors (Lipinski definition) is 2. The molecule has 34 heavy (non-hydrogen) atoms. The lowest BCUT2D eigenvalue weighted by atomic mass is 9.98.